The third-order valence-electron chi connectivity index (χ3n) is 4.27. The molecule has 0 atom stereocenters. The quantitative estimate of drug-likeness (QED) is 0.603. The molecule has 26 heavy (non-hydrogen) atoms. The number of aromatic carboxylic acids is 1. The van der Waals surface area contributed by atoms with Gasteiger partial charge in [0.2, 0.25) is 0 Å². The van der Waals surface area contributed by atoms with Crippen LogP contribution in [-0.4, -0.2) is 25.4 Å². The van der Waals surface area contributed by atoms with Gasteiger partial charge in [0, 0.05) is 29.1 Å². The fourth-order valence-electron chi connectivity index (χ4n) is 2.96. The molecule has 1 N–H and O–H groups in total. The maximum absolute atomic E-state index is 13.6. The van der Waals surface area contributed by atoms with E-state index in [4.69, 9.17) is 0 Å². The normalized spacial score (nSPS) is 11.0. The lowest BCUT2D eigenvalue weighted by atomic mass is 9.99. The summed E-state index contributed by atoms with van der Waals surface area (Å²) in [4.78, 5) is 19.9. The Morgan fingerprint density at radius 3 is 2.69 bits per heavy atom. The van der Waals surface area contributed by atoms with Crippen LogP contribution in [0, 0.1) is 12.7 Å². The lowest BCUT2D eigenvalue weighted by molar-refractivity contribution is 0.0689. The number of hydrogen-bond donors (Lipinski definition) is 1. The van der Waals surface area contributed by atoms with E-state index in [0.29, 0.717) is 16.9 Å². The second-order valence-electron chi connectivity index (χ2n) is 5.96. The predicted octanol–water partition coefficient (Wildman–Crippen LogP) is 4.21. The van der Waals surface area contributed by atoms with E-state index in [1.807, 2.05) is 18.2 Å². The van der Waals surface area contributed by atoms with Crippen LogP contribution >= 0.6 is 0 Å². The van der Waals surface area contributed by atoms with Crippen molar-refractivity contribution in [2.45, 2.75) is 6.92 Å². The Morgan fingerprint density at radius 1 is 1.12 bits per heavy atom. The van der Waals surface area contributed by atoms with E-state index in [1.165, 1.54) is 16.7 Å². The summed E-state index contributed by atoms with van der Waals surface area (Å²) in [5.41, 5.74) is 4.29. The number of halogens is 1. The summed E-state index contributed by atoms with van der Waals surface area (Å²) < 4.78 is 15.1. The Morgan fingerprint density at radius 2 is 1.92 bits per heavy atom. The van der Waals surface area contributed by atoms with E-state index in [2.05, 4.69) is 9.97 Å². The average Bonchev–Trinajstić information content (AvgIpc) is 3.07. The molecule has 4 aromatic rings. The number of carboxylic acids is 1. The highest BCUT2D eigenvalue weighted by atomic mass is 19.1. The zero-order valence-electron chi connectivity index (χ0n) is 13.8. The van der Waals surface area contributed by atoms with E-state index < -0.39 is 5.97 Å². The number of imidazole rings is 1. The molecule has 0 fully saturated rings. The number of aryl methyl sites for hydroxylation is 1. The van der Waals surface area contributed by atoms with Gasteiger partial charge in [-0.2, -0.15) is 0 Å². The Balaban J connectivity index is 1.91. The van der Waals surface area contributed by atoms with Gasteiger partial charge in [0.15, 0.2) is 5.69 Å². The van der Waals surface area contributed by atoms with E-state index in [0.717, 1.165) is 16.7 Å². The Bertz CT molecular complexity index is 1150. The fourth-order valence-corrected chi connectivity index (χ4v) is 2.96. The molecule has 0 bridgehead atoms. The summed E-state index contributed by atoms with van der Waals surface area (Å²) in [6.45, 7) is 1.71. The molecule has 0 aliphatic carbocycles. The molecule has 0 spiro atoms. The maximum atomic E-state index is 13.6. The summed E-state index contributed by atoms with van der Waals surface area (Å²) in [6.07, 6.45) is 4.73. The van der Waals surface area contributed by atoms with Gasteiger partial charge >= 0.3 is 5.97 Å². The predicted molar refractivity (Wildman–Crippen MR) is 95.5 cm³/mol. The number of aromatic nitrogens is 3. The molecule has 5 nitrogen and oxygen atoms in total. The lowest BCUT2D eigenvalue weighted by Crippen LogP contribution is -2.01. The summed E-state index contributed by atoms with van der Waals surface area (Å²) in [7, 11) is 0. The molecule has 3 heterocycles. The van der Waals surface area contributed by atoms with Crippen molar-refractivity contribution >= 4 is 11.6 Å². The number of benzene rings is 1. The largest absolute Gasteiger partial charge is 0.477 e. The minimum Gasteiger partial charge on any atom is -0.477 e. The van der Waals surface area contributed by atoms with Crippen LogP contribution in [0.2, 0.25) is 0 Å². The van der Waals surface area contributed by atoms with Gasteiger partial charge in [-0.3, -0.25) is 9.38 Å². The number of nitrogens with zero attached hydrogens (tertiary/aromatic N) is 3. The monoisotopic (exact) mass is 347 g/mol. The molecule has 3 aromatic heterocycles. The third kappa shape index (κ3) is 2.61. The summed E-state index contributed by atoms with van der Waals surface area (Å²) >= 11 is 0. The van der Waals surface area contributed by atoms with Crippen LogP contribution in [0.5, 0.6) is 0 Å². The highest BCUT2D eigenvalue weighted by molar-refractivity contribution is 5.87. The van der Waals surface area contributed by atoms with Crippen molar-refractivity contribution in [1.82, 2.24) is 14.4 Å². The summed E-state index contributed by atoms with van der Waals surface area (Å²) in [5.74, 6) is -1.31. The molecule has 128 valence electrons. The lowest BCUT2D eigenvalue weighted by Gasteiger charge is -2.11. The van der Waals surface area contributed by atoms with E-state index >= 15 is 0 Å². The first kappa shape index (κ1) is 16.0. The molecule has 1 aromatic carbocycles. The Kier molecular flexibility index (Phi) is 3.73. The minimum atomic E-state index is -1.05. The first-order valence-corrected chi connectivity index (χ1v) is 7.97. The van der Waals surface area contributed by atoms with E-state index in [1.54, 1.807) is 37.5 Å². The molecular weight excluding hydrogens is 333 g/mol. The van der Waals surface area contributed by atoms with Gasteiger partial charge in [-0.1, -0.05) is 6.07 Å². The zero-order valence-corrected chi connectivity index (χ0v) is 13.8. The van der Waals surface area contributed by atoms with Crippen LogP contribution in [0.25, 0.3) is 28.0 Å². The first-order valence-electron chi connectivity index (χ1n) is 7.97. The van der Waals surface area contributed by atoms with E-state index in [9.17, 15) is 14.3 Å². The molecule has 0 aliphatic heterocycles. The SMILES string of the molecule is Cc1cc(-c2ncccc2-c2ccc3ncc(C(=O)O)n3c2)ccc1F. The molecule has 0 unspecified atom stereocenters. The van der Waals surface area contributed by atoms with E-state index in [-0.39, 0.29) is 11.5 Å². The van der Waals surface area contributed by atoms with Crippen LogP contribution in [0.3, 0.4) is 0 Å². The van der Waals surface area contributed by atoms with Gasteiger partial charge in [-0.05, 0) is 48.9 Å². The Labute approximate surface area is 148 Å². The second kappa shape index (κ2) is 6.07. The molecular formula is C20H14FN3O2. The van der Waals surface area contributed by atoms with Crippen molar-refractivity contribution in [3.63, 3.8) is 0 Å². The molecule has 0 radical (unpaired) electrons. The standard InChI is InChI=1S/C20H14FN3O2/c1-12-9-13(4-6-16(12)21)19-15(3-2-8-22-19)14-5-7-18-23-10-17(20(25)26)24(18)11-14/h2-11H,1H3,(H,25,26). The number of carbonyl (C=O) groups is 1. The molecule has 4 rings (SSSR count). The smallest absolute Gasteiger partial charge is 0.354 e. The van der Waals surface area contributed by atoms with Gasteiger partial charge in [-0.15, -0.1) is 0 Å². The zero-order chi connectivity index (χ0) is 18.3. The summed E-state index contributed by atoms with van der Waals surface area (Å²) in [5, 5.41) is 9.31. The van der Waals surface area contributed by atoms with Crippen LogP contribution in [-0.2, 0) is 0 Å². The van der Waals surface area contributed by atoms with Crippen LogP contribution in [0.4, 0.5) is 4.39 Å². The molecule has 0 saturated heterocycles. The molecule has 0 saturated carbocycles. The van der Waals surface area contributed by atoms with Crippen molar-refractivity contribution in [3.8, 4) is 22.4 Å². The van der Waals surface area contributed by atoms with Crippen LogP contribution in [0.1, 0.15) is 16.1 Å². The number of fused-ring (bicyclic) bond motifs is 1. The highest BCUT2D eigenvalue weighted by Crippen LogP contribution is 2.31. The van der Waals surface area contributed by atoms with Gasteiger partial charge in [0.1, 0.15) is 11.5 Å². The topological polar surface area (TPSA) is 67.5 Å². The third-order valence-corrected chi connectivity index (χ3v) is 4.27. The van der Waals surface area contributed by atoms with Gasteiger partial charge in [0.05, 0.1) is 11.9 Å². The van der Waals surface area contributed by atoms with Crippen molar-refractivity contribution in [2.24, 2.45) is 0 Å². The van der Waals surface area contributed by atoms with Crippen molar-refractivity contribution in [1.29, 1.82) is 0 Å². The number of pyridine rings is 2. The minimum absolute atomic E-state index is 0.0879. The van der Waals surface area contributed by atoms with Crippen LogP contribution in [0.15, 0.2) is 61.1 Å². The van der Waals surface area contributed by atoms with Crippen molar-refractivity contribution in [3.05, 3.63) is 78.1 Å². The fraction of sp³-hybridized carbons (Fsp3) is 0.0500. The van der Waals surface area contributed by atoms with Crippen LogP contribution < -0.4 is 0 Å². The van der Waals surface area contributed by atoms with Gasteiger partial charge in [-0.25, -0.2) is 14.2 Å². The number of hydrogen-bond acceptors (Lipinski definition) is 3. The molecule has 0 amide bonds. The molecule has 0 aliphatic rings. The maximum Gasteiger partial charge on any atom is 0.354 e. The summed E-state index contributed by atoms with van der Waals surface area (Å²) in [6, 6.07) is 12.2. The van der Waals surface area contributed by atoms with Gasteiger partial charge in [0.25, 0.3) is 0 Å². The number of rotatable bonds is 3. The molecule has 6 heteroatoms. The average molecular weight is 347 g/mol. The number of carboxylic acid groups (broad SMARTS) is 1. The first-order chi connectivity index (χ1) is 12.5. The van der Waals surface area contributed by atoms with Gasteiger partial charge < -0.3 is 5.11 Å². The highest BCUT2D eigenvalue weighted by Gasteiger charge is 2.14. The van der Waals surface area contributed by atoms with Crippen molar-refractivity contribution in [2.75, 3.05) is 0 Å². The Hall–Kier alpha value is -3.54. The van der Waals surface area contributed by atoms with Crippen molar-refractivity contribution < 1.29 is 14.3 Å². The second-order valence-corrected chi connectivity index (χ2v) is 5.96.